The molecule has 198 valence electrons. The van der Waals surface area contributed by atoms with Gasteiger partial charge >= 0.3 is 6.09 Å². The van der Waals surface area contributed by atoms with Crippen LogP contribution in [0.5, 0.6) is 0 Å². The van der Waals surface area contributed by atoms with Crippen molar-refractivity contribution in [2.24, 2.45) is 0 Å². The Hall–Kier alpha value is -1.39. The van der Waals surface area contributed by atoms with E-state index in [1.165, 1.54) is 25.2 Å². The number of unbranched alkanes of at least 4 members (excludes halogenated alkanes) is 2. The van der Waals surface area contributed by atoms with E-state index in [4.69, 9.17) is 27.9 Å². The van der Waals surface area contributed by atoms with Gasteiger partial charge < -0.3 is 9.64 Å². The first-order valence-corrected chi connectivity index (χ1v) is 14.1. The monoisotopic (exact) mass is 549 g/mol. The van der Waals surface area contributed by atoms with Crippen molar-refractivity contribution in [3.63, 3.8) is 0 Å². The van der Waals surface area contributed by atoms with Gasteiger partial charge in [-0.1, -0.05) is 35.7 Å². The van der Waals surface area contributed by atoms with Crippen LogP contribution in [0.4, 0.5) is 4.79 Å². The van der Waals surface area contributed by atoms with Crippen molar-refractivity contribution in [3.05, 3.63) is 28.2 Å². The van der Waals surface area contributed by atoms with Crippen LogP contribution in [0.2, 0.25) is 10.0 Å². The number of sulfonamides is 1. The molecule has 0 N–H and O–H groups in total. The van der Waals surface area contributed by atoms with Crippen molar-refractivity contribution in [1.82, 2.24) is 14.1 Å². The van der Waals surface area contributed by atoms with Gasteiger partial charge in [-0.05, 0) is 52.3 Å². The van der Waals surface area contributed by atoms with Gasteiger partial charge in [-0.15, -0.1) is 0 Å². The van der Waals surface area contributed by atoms with E-state index in [-0.39, 0.29) is 39.8 Å². The van der Waals surface area contributed by atoms with Crippen molar-refractivity contribution in [2.45, 2.75) is 63.4 Å². The molecule has 0 atom stereocenters. The summed E-state index contributed by atoms with van der Waals surface area (Å²) >= 11 is 12.0. The molecular formula is C24H37Cl2N3O5S. The van der Waals surface area contributed by atoms with Gasteiger partial charge in [0.15, 0.2) is 0 Å². The highest BCUT2D eigenvalue weighted by molar-refractivity contribution is 7.89. The van der Waals surface area contributed by atoms with E-state index >= 15 is 0 Å². The molecule has 8 nitrogen and oxygen atoms in total. The number of Topliss-reactive ketones (excluding diaryl/α,β-unsaturated/α-hetero) is 1. The van der Waals surface area contributed by atoms with Gasteiger partial charge in [0.1, 0.15) is 16.3 Å². The molecule has 35 heavy (non-hydrogen) atoms. The molecule has 0 radical (unpaired) electrons. The molecule has 0 aromatic heterocycles. The predicted molar refractivity (Wildman–Crippen MR) is 139 cm³/mol. The SMILES string of the molecule is CN(CCC(=O)CCCCCN1CCN(C(=O)OC(C)(C)C)CC1)S(=O)(=O)c1cccc(Cl)c1Cl. The maximum atomic E-state index is 12.7. The van der Waals surface area contributed by atoms with E-state index in [1.54, 1.807) is 4.90 Å². The summed E-state index contributed by atoms with van der Waals surface area (Å²) in [6, 6.07) is 4.46. The molecule has 1 aromatic rings. The number of carbonyl (C=O) groups is 2. The Kier molecular flexibility index (Phi) is 11.3. The third kappa shape index (κ3) is 9.53. The number of piperazine rings is 1. The summed E-state index contributed by atoms with van der Waals surface area (Å²) in [5.41, 5.74) is -0.487. The van der Waals surface area contributed by atoms with Gasteiger partial charge in [0.05, 0.1) is 10.0 Å². The molecule has 0 saturated carbocycles. The quantitative estimate of drug-likeness (QED) is 0.372. The minimum Gasteiger partial charge on any atom is -0.444 e. The lowest BCUT2D eigenvalue weighted by Crippen LogP contribution is -2.50. The van der Waals surface area contributed by atoms with Gasteiger partial charge in [-0.25, -0.2) is 17.5 Å². The number of hydrogen-bond acceptors (Lipinski definition) is 6. The lowest BCUT2D eigenvalue weighted by atomic mass is 10.1. The molecule has 0 spiro atoms. The average Bonchev–Trinajstić information content (AvgIpc) is 2.78. The number of benzene rings is 1. The summed E-state index contributed by atoms with van der Waals surface area (Å²) in [6.07, 6.45) is 2.99. The summed E-state index contributed by atoms with van der Waals surface area (Å²) < 4.78 is 32.0. The standard InChI is InChI=1S/C24H37Cl2N3O5S/c1-24(2,3)34-23(31)29-17-15-28(16-18-29)13-7-5-6-9-19(30)12-14-27(4)35(32,33)21-11-8-10-20(25)22(21)26/h8,10-11H,5-7,9,12-18H2,1-4H3. The van der Waals surface area contributed by atoms with Crippen LogP contribution in [-0.2, 0) is 19.6 Å². The Morgan fingerprint density at radius 2 is 1.69 bits per heavy atom. The van der Waals surface area contributed by atoms with Crippen LogP contribution in [0.3, 0.4) is 0 Å². The Morgan fingerprint density at radius 3 is 2.31 bits per heavy atom. The van der Waals surface area contributed by atoms with E-state index in [1.807, 2.05) is 20.8 Å². The topological polar surface area (TPSA) is 87.2 Å². The zero-order valence-corrected chi connectivity index (χ0v) is 23.4. The van der Waals surface area contributed by atoms with Crippen molar-refractivity contribution in [3.8, 4) is 0 Å². The van der Waals surface area contributed by atoms with Gasteiger partial charge in [-0.3, -0.25) is 9.69 Å². The Labute approximate surface area is 219 Å². The van der Waals surface area contributed by atoms with Gasteiger partial charge in [0, 0.05) is 52.6 Å². The lowest BCUT2D eigenvalue weighted by Gasteiger charge is -2.35. The average molecular weight is 551 g/mol. The van der Waals surface area contributed by atoms with E-state index in [0.717, 1.165) is 43.2 Å². The maximum Gasteiger partial charge on any atom is 0.410 e. The molecule has 0 unspecified atom stereocenters. The number of amides is 1. The molecule has 1 aliphatic rings. The lowest BCUT2D eigenvalue weighted by molar-refractivity contribution is -0.119. The first kappa shape index (κ1) is 29.8. The number of halogens is 2. The summed E-state index contributed by atoms with van der Waals surface area (Å²) in [5.74, 6) is 0.0372. The number of ether oxygens (including phenoxy) is 1. The van der Waals surface area contributed by atoms with Crippen LogP contribution in [0.1, 0.15) is 52.9 Å². The number of nitrogens with zero attached hydrogens (tertiary/aromatic N) is 3. The van der Waals surface area contributed by atoms with E-state index in [2.05, 4.69) is 4.90 Å². The molecule has 1 aromatic carbocycles. The molecule has 0 bridgehead atoms. The molecule has 1 fully saturated rings. The predicted octanol–water partition coefficient (Wildman–Crippen LogP) is 4.69. The number of carbonyl (C=O) groups excluding carboxylic acids is 2. The second kappa shape index (κ2) is 13.2. The summed E-state index contributed by atoms with van der Waals surface area (Å²) in [4.78, 5) is 28.4. The highest BCUT2D eigenvalue weighted by Crippen LogP contribution is 2.30. The van der Waals surface area contributed by atoms with Crippen molar-refractivity contribution in [1.29, 1.82) is 0 Å². The second-order valence-electron chi connectivity index (χ2n) is 9.79. The molecule has 1 saturated heterocycles. The maximum absolute atomic E-state index is 12.7. The van der Waals surface area contributed by atoms with Gasteiger partial charge in [0.2, 0.25) is 10.0 Å². The zero-order valence-electron chi connectivity index (χ0n) is 21.1. The van der Waals surface area contributed by atoms with Crippen LogP contribution in [-0.4, -0.2) is 86.3 Å². The smallest absolute Gasteiger partial charge is 0.410 e. The normalized spacial score (nSPS) is 15.5. The largest absolute Gasteiger partial charge is 0.444 e. The third-order valence-electron chi connectivity index (χ3n) is 5.76. The molecule has 1 amide bonds. The van der Waals surface area contributed by atoms with E-state index < -0.39 is 15.6 Å². The van der Waals surface area contributed by atoms with Gasteiger partial charge in [0.25, 0.3) is 0 Å². The highest BCUT2D eigenvalue weighted by atomic mass is 35.5. The number of rotatable bonds is 11. The van der Waals surface area contributed by atoms with Crippen LogP contribution < -0.4 is 0 Å². The van der Waals surface area contributed by atoms with Crippen LogP contribution >= 0.6 is 23.2 Å². The zero-order chi connectivity index (χ0) is 26.2. The molecule has 11 heteroatoms. The van der Waals surface area contributed by atoms with Crippen LogP contribution in [0.15, 0.2) is 23.1 Å². The highest BCUT2D eigenvalue weighted by Gasteiger charge is 2.26. The Morgan fingerprint density at radius 1 is 1.03 bits per heavy atom. The Balaban J connectivity index is 1.62. The minimum atomic E-state index is -3.82. The fourth-order valence-electron chi connectivity index (χ4n) is 3.69. The number of ketones is 1. The number of hydrogen-bond donors (Lipinski definition) is 0. The van der Waals surface area contributed by atoms with Crippen LogP contribution in [0.25, 0.3) is 0 Å². The fraction of sp³-hybridized carbons (Fsp3) is 0.667. The molecule has 2 rings (SSSR count). The second-order valence-corrected chi connectivity index (χ2v) is 12.6. The molecule has 0 aliphatic carbocycles. The molecule has 1 aliphatic heterocycles. The first-order valence-electron chi connectivity index (χ1n) is 11.9. The van der Waals surface area contributed by atoms with Crippen LogP contribution in [0, 0.1) is 0 Å². The van der Waals surface area contributed by atoms with Gasteiger partial charge in [-0.2, -0.15) is 0 Å². The van der Waals surface area contributed by atoms with E-state index in [0.29, 0.717) is 19.5 Å². The third-order valence-corrected chi connectivity index (χ3v) is 8.59. The Bertz CT molecular complexity index is 974. The summed E-state index contributed by atoms with van der Waals surface area (Å²) in [6.45, 7) is 9.55. The summed E-state index contributed by atoms with van der Waals surface area (Å²) in [5, 5.41) is 0.153. The van der Waals surface area contributed by atoms with Crippen molar-refractivity contribution in [2.75, 3.05) is 46.3 Å². The molecular weight excluding hydrogens is 513 g/mol. The first-order chi connectivity index (χ1) is 16.3. The minimum absolute atomic E-state index is 0.0152. The van der Waals surface area contributed by atoms with E-state index in [9.17, 15) is 18.0 Å². The fourth-order valence-corrected chi connectivity index (χ4v) is 5.60. The molecule has 1 heterocycles. The van der Waals surface area contributed by atoms with Crippen molar-refractivity contribution < 1.29 is 22.7 Å². The van der Waals surface area contributed by atoms with Crippen molar-refractivity contribution >= 4 is 45.1 Å². The summed E-state index contributed by atoms with van der Waals surface area (Å²) in [7, 11) is -2.39.